The van der Waals surface area contributed by atoms with Crippen molar-refractivity contribution >= 4 is 10.9 Å². The van der Waals surface area contributed by atoms with Crippen LogP contribution in [0.15, 0.2) is 0 Å². The Bertz CT molecular complexity index is 194. The van der Waals surface area contributed by atoms with Crippen molar-refractivity contribution < 1.29 is 4.74 Å². The molecule has 0 amide bonds. The van der Waals surface area contributed by atoms with Crippen LogP contribution in [0.25, 0.3) is 0 Å². The molecule has 0 aromatic rings. The Balaban J connectivity index is 2.00. The Morgan fingerprint density at radius 2 is 1.55 bits per heavy atom. The van der Waals surface area contributed by atoms with Gasteiger partial charge in [-0.25, -0.2) is 0 Å². The van der Waals surface area contributed by atoms with Gasteiger partial charge in [-0.15, -0.1) is 0 Å². The van der Waals surface area contributed by atoms with E-state index in [2.05, 4.69) is 13.8 Å². The molecule has 0 spiro atoms. The van der Waals surface area contributed by atoms with Crippen LogP contribution in [0.1, 0.15) is 84.5 Å². The molecule has 1 nitrogen and oxygen atoms in total. The van der Waals surface area contributed by atoms with Gasteiger partial charge in [-0.05, 0) is 62.3 Å². The van der Waals surface area contributed by atoms with Gasteiger partial charge in [-0.1, -0.05) is 33.1 Å². The molecule has 2 heteroatoms. The molecule has 1 atom stereocenters. The first-order valence-corrected chi connectivity index (χ1v) is 10.9. The van der Waals surface area contributed by atoms with Crippen LogP contribution < -0.4 is 0 Å². The van der Waals surface area contributed by atoms with E-state index < -0.39 is 0 Å². The Hall–Kier alpha value is 0.310. The lowest BCUT2D eigenvalue weighted by molar-refractivity contribution is 0.00985. The molecule has 120 valence electrons. The number of hydrogen-bond acceptors (Lipinski definition) is 1. The second-order valence-corrected chi connectivity index (χ2v) is 8.72. The van der Waals surface area contributed by atoms with Gasteiger partial charge >= 0.3 is 0 Å². The molecule has 1 unspecified atom stereocenters. The average molecular weight is 302 g/mol. The van der Waals surface area contributed by atoms with E-state index in [1.165, 1.54) is 87.9 Å². The van der Waals surface area contributed by atoms with Crippen LogP contribution in [0.2, 0.25) is 0 Å². The van der Waals surface area contributed by atoms with Gasteiger partial charge in [0.1, 0.15) is 17.3 Å². The zero-order valence-electron chi connectivity index (χ0n) is 14.0. The van der Waals surface area contributed by atoms with E-state index in [1.54, 1.807) is 0 Å². The molecule has 20 heavy (non-hydrogen) atoms. The summed E-state index contributed by atoms with van der Waals surface area (Å²) in [5.41, 5.74) is 0. The minimum Gasteiger partial charge on any atom is -0.378 e. The average Bonchev–Trinajstić information content (AvgIpc) is 2.50. The largest absolute Gasteiger partial charge is 0.378 e. The molecule has 1 heterocycles. The molecule has 0 aromatic carbocycles. The maximum Gasteiger partial charge on any atom is 0.108 e. The highest BCUT2D eigenvalue weighted by Crippen LogP contribution is 2.18. The van der Waals surface area contributed by atoms with Crippen LogP contribution in [0, 0.1) is 0 Å². The van der Waals surface area contributed by atoms with Gasteiger partial charge in [0.2, 0.25) is 0 Å². The van der Waals surface area contributed by atoms with Gasteiger partial charge < -0.3 is 4.74 Å². The van der Waals surface area contributed by atoms with Gasteiger partial charge in [0.25, 0.3) is 0 Å². The molecule has 0 aliphatic carbocycles. The van der Waals surface area contributed by atoms with Crippen molar-refractivity contribution in [3.05, 3.63) is 0 Å². The second kappa shape index (κ2) is 13.0. The maximum absolute atomic E-state index is 5.81. The fraction of sp³-hybridized carbons (Fsp3) is 1.00. The third kappa shape index (κ3) is 9.28. The zero-order valence-corrected chi connectivity index (χ0v) is 14.8. The Kier molecular flexibility index (Phi) is 11.9. The van der Waals surface area contributed by atoms with E-state index >= 15 is 0 Å². The number of ether oxygens (including phenoxy) is 1. The highest BCUT2D eigenvalue weighted by Gasteiger charge is 2.17. The van der Waals surface area contributed by atoms with Crippen LogP contribution in [-0.4, -0.2) is 30.0 Å². The van der Waals surface area contributed by atoms with E-state index in [1.807, 2.05) is 0 Å². The summed E-state index contributed by atoms with van der Waals surface area (Å²) in [6, 6.07) is 0. The quantitative estimate of drug-likeness (QED) is 0.349. The minimum atomic E-state index is 0.599. The van der Waals surface area contributed by atoms with Crippen molar-refractivity contribution in [2.24, 2.45) is 0 Å². The van der Waals surface area contributed by atoms with E-state index in [-0.39, 0.29) is 0 Å². The molecule has 0 radical (unpaired) electrons. The van der Waals surface area contributed by atoms with Crippen LogP contribution >= 0.6 is 0 Å². The molecular weight excluding hydrogens is 264 g/mol. The summed E-state index contributed by atoms with van der Waals surface area (Å²) >= 11 is 0. The molecule has 0 N–H and O–H groups in total. The monoisotopic (exact) mass is 301 g/mol. The van der Waals surface area contributed by atoms with E-state index in [9.17, 15) is 0 Å². The van der Waals surface area contributed by atoms with Crippen molar-refractivity contribution in [3.63, 3.8) is 0 Å². The van der Waals surface area contributed by atoms with E-state index in [0.717, 1.165) is 17.5 Å². The van der Waals surface area contributed by atoms with Crippen LogP contribution in [-0.2, 0) is 15.6 Å². The summed E-state index contributed by atoms with van der Waals surface area (Å²) in [5, 5.41) is 0. The normalized spacial score (nSPS) is 19.6. The fourth-order valence-corrected chi connectivity index (χ4v) is 5.51. The van der Waals surface area contributed by atoms with Gasteiger partial charge in [-0.2, -0.15) is 0 Å². The topological polar surface area (TPSA) is 9.23 Å². The van der Waals surface area contributed by atoms with Gasteiger partial charge in [0, 0.05) is 6.61 Å². The zero-order chi connectivity index (χ0) is 14.5. The molecule has 1 rings (SSSR count). The first-order chi connectivity index (χ1) is 9.86. The van der Waals surface area contributed by atoms with Crippen molar-refractivity contribution in [1.29, 1.82) is 0 Å². The van der Waals surface area contributed by atoms with E-state index in [0.29, 0.717) is 6.10 Å². The first-order valence-electron chi connectivity index (χ1n) is 9.12. The Morgan fingerprint density at radius 3 is 2.15 bits per heavy atom. The van der Waals surface area contributed by atoms with Crippen molar-refractivity contribution in [1.82, 2.24) is 0 Å². The molecule has 1 aliphatic rings. The summed E-state index contributed by atoms with van der Waals surface area (Å²) in [7, 11) is 0.736. The van der Waals surface area contributed by atoms with Crippen LogP contribution in [0.5, 0.6) is 0 Å². The van der Waals surface area contributed by atoms with E-state index in [4.69, 9.17) is 4.74 Å². The summed E-state index contributed by atoms with van der Waals surface area (Å²) in [6.07, 6.45) is 15.8. The molecule has 0 aromatic heterocycles. The Labute approximate surface area is 130 Å². The SMILES string of the molecule is CCCC[S+](CCCC)CCCCCC1CCCCO1. The van der Waals surface area contributed by atoms with Gasteiger partial charge in [0.15, 0.2) is 0 Å². The number of hydrogen-bond donors (Lipinski definition) is 0. The summed E-state index contributed by atoms with van der Waals surface area (Å²) in [5.74, 6) is 4.51. The second-order valence-electron chi connectivity index (χ2n) is 6.27. The lowest BCUT2D eigenvalue weighted by Crippen LogP contribution is -2.19. The van der Waals surface area contributed by atoms with Gasteiger partial charge in [0.05, 0.1) is 6.10 Å². The van der Waals surface area contributed by atoms with Crippen molar-refractivity contribution in [2.45, 2.75) is 90.6 Å². The summed E-state index contributed by atoms with van der Waals surface area (Å²) in [4.78, 5) is 0. The van der Waals surface area contributed by atoms with Crippen LogP contribution in [0.4, 0.5) is 0 Å². The summed E-state index contributed by atoms with van der Waals surface area (Å²) in [6.45, 7) is 5.67. The number of unbranched alkanes of at least 4 members (excludes halogenated alkanes) is 4. The maximum atomic E-state index is 5.81. The molecule has 1 saturated heterocycles. The minimum absolute atomic E-state index is 0.599. The van der Waals surface area contributed by atoms with Gasteiger partial charge in [-0.3, -0.25) is 0 Å². The Morgan fingerprint density at radius 1 is 0.850 bits per heavy atom. The summed E-state index contributed by atoms with van der Waals surface area (Å²) < 4.78 is 5.81. The molecule has 1 aliphatic heterocycles. The lowest BCUT2D eigenvalue weighted by atomic mass is 10.0. The smallest absolute Gasteiger partial charge is 0.108 e. The highest BCUT2D eigenvalue weighted by atomic mass is 32.2. The molecule has 1 fully saturated rings. The van der Waals surface area contributed by atoms with Crippen molar-refractivity contribution in [3.8, 4) is 0 Å². The lowest BCUT2D eigenvalue weighted by Gasteiger charge is -2.22. The predicted molar refractivity (Wildman–Crippen MR) is 93.8 cm³/mol. The third-order valence-corrected chi connectivity index (χ3v) is 6.90. The van der Waals surface area contributed by atoms with Crippen LogP contribution in [0.3, 0.4) is 0 Å². The molecule has 0 saturated carbocycles. The highest BCUT2D eigenvalue weighted by molar-refractivity contribution is 7.96. The molecule has 0 bridgehead atoms. The fourth-order valence-electron chi connectivity index (χ4n) is 2.89. The standard InChI is InChI=1S/C18H37OS/c1-3-5-15-20(16-6-4-2)17-11-7-8-12-18-13-9-10-14-19-18/h18H,3-17H2,1-2H3/q+1. The molecular formula is C18H37OS+. The van der Waals surface area contributed by atoms with Crippen molar-refractivity contribution in [2.75, 3.05) is 23.9 Å². The first kappa shape index (κ1) is 18.4. The predicted octanol–water partition coefficient (Wildman–Crippen LogP) is 5.33. The number of rotatable bonds is 12. The third-order valence-electron chi connectivity index (χ3n) is 4.31.